The number of nitrogens with zero attached hydrogens (tertiary/aromatic N) is 2. The largest absolute Gasteiger partial charge is 0.385 e. The first-order valence-corrected chi connectivity index (χ1v) is 5.50. The summed E-state index contributed by atoms with van der Waals surface area (Å²) in [5.74, 6) is 0. The molecule has 2 rings (SSSR count). The highest BCUT2D eigenvalue weighted by Gasteiger charge is 1.99. The van der Waals surface area contributed by atoms with Crippen LogP contribution in [0.4, 0.5) is 5.69 Å². The van der Waals surface area contributed by atoms with Gasteiger partial charge in [-0.15, -0.1) is 0 Å². The van der Waals surface area contributed by atoms with E-state index in [4.69, 9.17) is 0 Å². The van der Waals surface area contributed by atoms with Crippen LogP contribution < -0.4 is 5.32 Å². The molecule has 0 radical (unpaired) electrons. The molecular formula is C13H15N3. The van der Waals surface area contributed by atoms with E-state index in [9.17, 15) is 0 Å². The summed E-state index contributed by atoms with van der Waals surface area (Å²) in [7, 11) is 0. The molecule has 0 spiro atoms. The molecule has 82 valence electrons. The first kappa shape index (κ1) is 10.6. The van der Waals surface area contributed by atoms with Crippen LogP contribution in [0.1, 0.15) is 13.3 Å². The topological polar surface area (TPSA) is 37.8 Å². The Bertz CT molecular complexity index is 440. The van der Waals surface area contributed by atoms with E-state index >= 15 is 0 Å². The molecule has 2 aromatic heterocycles. The van der Waals surface area contributed by atoms with E-state index in [1.807, 2.05) is 36.7 Å². The SMILES string of the molecule is CCCNc1ccnc(-c2cccnc2)c1. The summed E-state index contributed by atoms with van der Waals surface area (Å²) in [5.41, 5.74) is 3.10. The highest BCUT2D eigenvalue weighted by molar-refractivity contribution is 5.62. The quantitative estimate of drug-likeness (QED) is 0.848. The zero-order valence-corrected chi connectivity index (χ0v) is 9.35. The summed E-state index contributed by atoms with van der Waals surface area (Å²) in [4.78, 5) is 8.43. The summed E-state index contributed by atoms with van der Waals surface area (Å²) in [6, 6.07) is 7.96. The van der Waals surface area contributed by atoms with Gasteiger partial charge in [0.2, 0.25) is 0 Å². The molecule has 0 amide bonds. The fourth-order valence-corrected chi connectivity index (χ4v) is 1.48. The number of anilines is 1. The molecule has 0 fully saturated rings. The minimum Gasteiger partial charge on any atom is -0.385 e. The van der Waals surface area contributed by atoms with Crippen molar-refractivity contribution in [1.29, 1.82) is 0 Å². The maximum absolute atomic E-state index is 4.34. The van der Waals surface area contributed by atoms with Gasteiger partial charge in [-0.3, -0.25) is 9.97 Å². The summed E-state index contributed by atoms with van der Waals surface area (Å²) >= 11 is 0. The summed E-state index contributed by atoms with van der Waals surface area (Å²) in [6.45, 7) is 3.13. The first-order valence-electron chi connectivity index (χ1n) is 5.50. The lowest BCUT2D eigenvalue weighted by Crippen LogP contribution is -1.99. The molecular weight excluding hydrogens is 198 g/mol. The van der Waals surface area contributed by atoms with Crippen molar-refractivity contribution >= 4 is 5.69 Å². The van der Waals surface area contributed by atoms with Crippen molar-refractivity contribution in [3.8, 4) is 11.3 Å². The Labute approximate surface area is 95.6 Å². The van der Waals surface area contributed by atoms with Gasteiger partial charge in [0.1, 0.15) is 0 Å². The lowest BCUT2D eigenvalue weighted by atomic mass is 10.2. The molecule has 0 aliphatic rings. The first-order chi connectivity index (χ1) is 7.90. The molecule has 3 nitrogen and oxygen atoms in total. The van der Waals surface area contributed by atoms with Crippen LogP contribution in [0.2, 0.25) is 0 Å². The van der Waals surface area contributed by atoms with Crippen molar-refractivity contribution in [3.05, 3.63) is 42.9 Å². The molecule has 3 heteroatoms. The van der Waals surface area contributed by atoms with Gasteiger partial charge in [0.15, 0.2) is 0 Å². The molecule has 0 aliphatic carbocycles. The molecule has 0 aliphatic heterocycles. The van der Waals surface area contributed by atoms with Crippen LogP contribution in [0.25, 0.3) is 11.3 Å². The van der Waals surface area contributed by atoms with Gasteiger partial charge < -0.3 is 5.32 Å². The Morgan fingerprint density at radius 2 is 2.19 bits per heavy atom. The van der Waals surface area contributed by atoms with Crippen molar-refractivity contribution in [3.63, 3.8) is 0 Å². The number of aromatic nitrogens is 2. The average Bonchev–Trinajstić information content (AvgIpc) is 2.38. The smallest absolute Gasteiger partial charge is 0.0737 e. The highest BCUT2D eigenvalue weighted by Crippen LogP contribution is 2.18. The number of nitrogens with one attached hydrogen (secondary N) is 1. The molecule has 0 saturated heterocycles. The second-order valence-corrected chi connectivity index (χ2v) is 3.60. The molecule has 0 atom stereocenters. The van der Waals surface area contributed by atoms with Gasteiger partial charge in [0.05, 0.1) is 5.69 Å². The van der Waals surface area contributed by atoms with Crippen molar-refractivity contribution in [2.75, 3.05) is 11.9 Å². The van der Waals surface area contributed by atoms with Gasteiger partial charge in [-0.1, -0.05) is 6.92 Å². The predicted molar refractivity (Wildman–Crippen MR) is 66.2 cm³/mol. The fraction of sp³-hybridized carbons (Fsp3) is 0.231. The molecule has 0 bridgehead atoms. The number of pyridine rings is 2. The Morgan fingerprint density at radius 3 is 2.94 bits per heavy atom. The highest BCUT2D eigenvalue weighted by atomic mass is 14.9. The molecule has 0 saturated carbocycles. The van der Waals surface area contributed by atoms with E-state index in [1.165, 1.54) is 0 Å². The third-order valence-corrected chi connectivity index (χ3v) is 2.30. The van der Waals surface area contributed by atoms with Crippen LogP contribution in [0.5, 0.6) is 0 Å². The van der Waals surface area contributed by atoms with Crippen molar-refractivity contribution in [1.82, 2.24) is 9.97 Å². The molecule has 2 aromatic rings. The molecule has 1 N–H and O–H groups in total. The molecule has 16 heavy (non-hydrogen) atoms. The van der Waals surface area contributed by atoms with Crippen LogP contribution in [-0.4, -0.2) is 16.5 Å². The monoisotopic (exact) mass is 213 g/mol. The van der Waals surface area contributed by atoms with E-state index in [2.05, 4.69) is 22.2 Å². The summed E-state index contributed by atoms with van der Waals surface area (Å²) < 4.78 is 0. The average molecular weight is 213 g/mol. The minimum atomic E-state index is 0.953. The van der Waals surface area contributed by atoms with E-state index in [0.29, 0.717) is 0 Å². The Morgan fingerprint density at radius 1 is 1.25 bits per heavy atom. The summed E-state index contributed by atoms with van der Waals surface area (Å²) in [5, 5.41) is 3.34. The lowest BCUT2D eigenvalue weighted by Gasteiger charge is -2.06. The Kier molecular flexibility index (Phi) is 3.49. The van der Waals surface area contributed by atoms with Crippen LogP contribution in [0.3, 0.4) is 0 Å². The molecule has 2 heterocycles. The van der Waals surface area contributed by atoms with Gasteiger partial charge in [0, 0.05) is 36.4 Å². The standard InChI is InChI=1S/C13H15N3/c1-2-6-15-12-5-8-16-13(9-12)11-4-3-7-14-10-11/h3-5,7-10H,2,6H2,1H3,(H,15,16). The number of hydrogen-bond donors (Lipinski definition) is 1. The third-order valence-electron chi connectivity index (χ3n) is 2.30. The summed E-state index contributed by atoms with van der Waals surface area (Å²) in [6.07, 6.45) is 6.53. The van der Waals surface area contributed by atoms with Crippen molar-refractivity contribution < 1.29 is 0 Å². The fourth-order valence-electron chi connectivity index (χ4n) is 1.48. The van der Waals surface area contributed by atoms with E-state index in [1.54, 1.807) is 6.20 Å². The second-order valence-electron chi connectivity index (χ2n) is 3.60. The Hall–Kier alpha value is -1.90. The zero-order chi connectivity index (χ0) is 11.2. The third kappa shape index (κ3) is 2.57. The predicted octanol–water partition coefficient (Wildman–Crippen LogP) is 2.97. The Balaban J connectivity index is 2.22. The zero-order valence-electron chi connectivity index (χ0n) is 9.35. The number of rotatable bonds is 4. The maximum Gasteiger partial charge on any atom is 0.0737 e. The van der Waals surface area contributed by atoms with Crippen molar-refractivity contribution in [2.45, 2.75) is 13.3 Å². The van der Waals surface area contributed by atoms with Crippen LogP contribution >= 0.6 is 0 Å². The van der Waals surface area contributed by atoms with Crippen LogP contribution in [0.15, 0.2) is 42.9 Å². The normalized spacial score (nSPS) is 10.1. The maximum atomic E-state index is 4.34. The van der Waals surface area contributed by atoms with Gasteiger partial charge in [-0.25, -0.2) is 0 Å². The van der Waals surface area contributed by atoms with E-state index < -0.39 is 0 Å². The number of hydrogen-bond acceptors (Lipinski definition) is 3. The van der Waals surface area contributed by atoms with E-state index in [0.717, 1.165) is 29.9 Å². The lowest BCUT2D eigenvalue weighted by molar-refractivity contribution is 0.979. The van der Waals surface area contributed by atoms with E-state index in [-0.39, 0.29) is 0 Å². The minimum absolute atomic E-state index is 0.953. The van der Waals surface area contributed by atoms with Crippen LogP contribution in [-0.2, 0) is 0 Å². The van der Waals surface area contributed by atoms with Gasteiger partial charge in [-0.05, 0) is 30.7 Å². The van der Waals surface area contributed by atoms with Gasteiger partial charge in [0.25, 0.3) is 0 Å². The van der Waals surface area contributed by atoms with Crippen molar-refractivity contribution in [2.24, 2.45) is 0 Å². The van der Waals surface area contributed by atoms with Crippen LogP contribution in [0, 0.1) is 0 Å². The van der Waals surface area contributed by atoms with Gasteiger partial charge in [-0.2, -0.15) is 0 Å². The second kappa shape index (κ2) is 5.26. The van der Waals surface area contributed by atoms with Gasteiger partial charge >= 0.3 is 0 Å². The molecule has 0 unspecified atom stereocenters. The molecule has 0 aromatic carbocycles.